The van der Waals surface area contributed by atoms with E-state index < -0.39 is 0 Å². The highest BCUT2D eigenvalue weighted by Gasteiger charge is 2.23. The van der Waals surface area contributed by atoms with E-state index in [2.05, 4.69) is 6.92 Å². The smallest absolute Gasteiger partial charge is 0.253 e. The maximum atomic E-state index is 12.4. The quantitative estimate of drug-likeness (QED) is 0.835. The van der Waals surface area contributed by atoms with Gasteiger partial charge in [-0.15, -0.1) is 0 Å². The van der Waals surface area contributed by atoms with Crippen LogP contribution in [0.2, 0.25) is 0 Å². The molecule has 1 saturated heterocycles. The van der Waals surface area contributed by atoms with Crippen LogP contribution in [-0.2, 0) is 0 Å². The van der Waals surface area contributed by atoms with Crippen molar-refractivity contribution in [1.82, 2.24) is 4.90 Å². The molecule has 1 aliphatic rings. The first-order valence-corrected chi connectivity index (χ1v) is 7.43. The zero-order chi connectivity index (χ0) is 13.1. The van der Waals surface area contributed by atoms with Crippen LogP contribution in [-0.4, -0.2) is 34.9 Å². The molecule has 0 radical (unpaired) electrons. The molecule has 1 aliphatic heterocycles. The average molecular weight is 264 g/mol. The number of nitrogens with zero attached hydrogens (tertiary/aromatic N) is 1. The fraction of sp³-hybridized carbons (Fsp3) is 0.500. The number of nitrogen functional groups attached to an aromatic ring is 1. The Balaban J connectivity index is 2.12. The zero-order valence-electron chi connectivity index (χ0n) is 11.0. The maximum absolute atomic E-state index is 12.4. The molecule has 1 aromatic rings. The second kappa shape index (κ2) is 5.65. The highest BCUT2D eigenvalue weighted by Crippen LogP contribution is 2.23. The van der Waals surface area contributed by atoms with Crippen LogP contribution in [0.1, 0.15) is 29.3 Å². The minimum Gasteiger partial charge on any atom is -0.398 e. The summed E-state index contributed by atoms with van der Waals surface area (Å²) in [5.41, 5.74) is 8.29. The average Bonchev–Trinajstić information content (AvgIpc) is 2.41. The lowest BCUT2D eigenvalue weighted by atomic mass is 10.1. The van der Waals surface area contributed by atoms with Gasteiger partial charge in [0.25, 0.3) is 5.91 Å². The van der Waals surface area contributed by atoms with Crippen LogP contribution in [0.4, 0.5) is 5.69 Å². The Labute approximate surface area is 113 Å². The van der Waals surface area contributed by atoms with E-state index >= 15 is 0 Å². The number of hydrogen-bond acceptors (Lipinski definition) is 3. The Morgan fingerprint density at radius 3 is 3.00 bits per heavy atom. The third-order valence-corrected chi connectivity index (χ3v) is 4.78. The van der Waals surface area contributed by atoms with Crippen molar-refractivity contribution in [3.63, 3.8) is 0 Å². The molecule has 1 aromatic carbocycles. The normalized spacial score (nSPS) is 19.9. The van der Waals surface area contributed by atoms with Gasteiger partial charge in [-0.3, -0.25) is 4.79 Å². The molecule has 1 heterocycles. The van der Waals surface area contributed by atoms with Crippen LogP contribution >= 0.6 is 11.8 Å². The van der Waals surface area contributed by atoms with Gasteiger partial charge in [0.1, 0.15) is 0 Å². The third-order valence-electron chi connectivity index (χ3n) is 3.41. The summed E-state index contributed by atoms with van der Waals surface area (Å²) in [5.74, 6) is 1.14. The predicted molar refractivity (Wildman–Crippen MR) is 78.0 cm³/mol. The molecule has 1 unspecified atom stereocenters. The predicted octanol–water partition coefficient (Wildman–Crippen LogP) is 2.54. The van der Waals surface area contributed by atoms with Crippen molar-refractivity contribution in [2.24, 2.45) is 0 Å². The number of amides is 1. The number of hydrogen-bond donors (Lipinski definition) is 1. The molecule has 18 heavy (non-hydrogen) atoms. The number of benzene rings is 1. The molecule has 1 atom stereocenters. The van der Waals surface area contributed by atoms with Gasteiger partial charge in [0.05, 0.1) is 0 Å². The van der Waals surface area contributed by atoms with Gasteiger partial charge in [-0.05, 0) is 31.0 Å². The lowest BCUT2D eigenvalue weighted by Gasteiger charge is -2.32. The summed E-state index contributed by atoms with van der Waals surface area (Å²) in [6, 6.07) is 5.58. The Hall–Kier alpha value is -1.16. The number of rotatable bonds is 2. The fourth-order valence-corrected chi connectivity index (χ4v) is 3.29. The van der Waals surface area contributed by atoms with Crippen molar-refractivity contribution in [2.75, 3.05) is 24.6 Å². The van der Waals surface area contributed by atoms with Crippen molar-refractivity contribution in [3.8, 4) is 0 Å². The van der Waals surface area contributed by atoms with Crippen LogP contribution in [0, 0.1) is 6.92 Å². The van der Waals surface area contributed by atoms with Crippen LogP contribution in [0.25, 0.3) is 0 Å². The van der Waals surface area contributed by atoms with Gasteiger partial charge in [0.15, 0.2) is 0 Å². The monoisotopic (exact) mass is 264 g/mol. The molecule has 0 aliphatic carbocycles. The number of carbonyl (C=O) groups excluding carboxylic acids is 1. The molecule has 0 aromatic heterocycles. The first-order valence-electron chi connectivity index (χ1n) is 6.38. The highest BCUT2D eigenvalue weighted by molar-refractivity contribution is 8.00. The second-order valence-corrected chi connectivity index (χ2v) is 6.13. The van der Waals surface area contributed by atoms with Crippen LogP contribution in [0.15, 0.2) is 18.2 Å². The first-order chi connectivity index (χ1) is 8.61. The van der Waals surface area contributed by atoms with Crippen LogP contribution in [0.5, 0.6) is 0 Å². The minimum absolute atomic E-state index is 0.112. The van der Waals surface area contributed by atoms with Crippen molar-refractivity contribution < 1.29 is 4.79 Å². The van der Waals surface area contributed by atoms with Gasteiger partial charge in [-0.25, -0.2) is 0 Å². The summed E-state index contributed by atoms with van der Waals surface area (Å²) in [6.07, 6.45) is 1.12. The molecular formula is C14H20N2OS. The van der Waals surface area contributed by atoms with Crippen LogP contribution in [0.3, 0.4) is 0 Å². The Morgan fingerprint density at radius 2 is 2.33 bits per heavy atom. The number of thioether (sulfide) groups is 1. The molecule has 0 spiro atoms. The summed E-state index contributed by atoms with van der Waals surface area (Å²) in [6.45, 7) is 5.82. The van der Waals surface area contributed by atoms with E-state index in [1.807, 2.05) is 35.7 Å². The number of aryl methyl sites for hydroxylation is 1. The van der Waals surface area contributed by atoms with Gasteiger partial charge in [0, 0.05) is 35.3 Å². The van der Waals surface area contributed by atoms with Crippen LogP contribution < -0.4 is 5.73 Å². The highest BCUT2D eigenvalue weighted by atomic mass is 32.2. The summed E-state index contributed by atoms with van der Waals surface area (Å²) < 4.78 is 0. The summed E-state index contributed by atoms with van der Waals surface area (Å²) in [7, 11) is 0. The Morgan fingerprint density at radius 1 is 1.56 bits per heavy atom. The molecule has 1 amide bonds. The topological polar surface area (TPSA) is 46.3 Å². The molecule has 3 nitrogen and oxygen atoms in total. The lowest BCUT2D eigenvalue weighted by Crippen LogP contribution is -2.41. The standard InChI is InChI=1S/C14H20N2OS/c1-3-12-9-16(6-7-18-12)14(17)11-5-4-10(2)13(15)8-11/h4-5,8,12H,3,6-7,9,15H2,1-2H3. The number of carbonyl (C=O) groups is 1. The number of nitrogens with two attached hydrogens (primary N) is 1. The first kappa shape index (κ1) is 13.3. The van der Waals surface area contributed by atoms with Crippen molar-refractivity contribution in [1.29, 1.82) is 0 Å². The zero-order valence-corrected chi connectivity index (χ0v) is 11.8. The maximum Gasteiger partial charge on any atom is 0.253 e. The van der Waals surface area contributed by atoms with E-state index in [-0.39, 0.29) is 5.91 Å². The lowest BCUT2D eigenvalue weighted by molar-refractivity contribution is 0.0761. The van der Waals surface area contributed by atoms with E-state index in [0.29, 0.717) is 16.5 Å². The minimum atomic E-state index is 0.112. The largest absolute Gasteiger partial charge is 0.398 e. The van der Waals surface area contributed by atoms with Crippen molar-refractivity contribution >= 4 is 23.4 Å². The van der Waals surface area contributed by atoms with E-state index in [1.165, 1.54) is 0 Å². The Kier molecular flexibility index (Phi) is 4.17. The summed E-state index contributed by atoms with van der Waals surface area (Å²) in [4.78, 5) is 14.3. The van der Waals surface area contributed by atoms with Crippen molar-refractivity contribution in [3.05, 3.63) is 29.3 Å². The van der Waals surface area contributed by atoms with Gasteiger partial charge in [-0.2, -0.15) is 11.8 Å². The number of anilines is 1. The second-order valence-electron chi connectivity index (χ2n) is 4.72. The Bertz CT molecular complexity index is 447. The summed E-state index contributed by atoms with van der Waals surface area (Å²) in [5, 5.41) is 0.575. The summed E-state index contributed by atoms with van der Waals surface area (Å²) >= 11 is 1.97. The molecule has 0 saturated carbocycles. The fourth-order valence-electron chi connectivity index (χ4n) is 2.11. The van der Waals surface area contributed by atoms with Gasteiger partial charge in [0.2, 0.25) is 0 Å². The molecule has 4 heteroatoms. The van der Waals surface area contributed by atoms with Crippen molar-refractivity contribution in [2.45, 2.75) is 25.5 Å². The SMILES string of the molecule is CCC1CN(C(=O)c2ccc(C)c(N)c2)CCS1. The molecule has 0 bridgehead atoms. The molecule has 1 fully saturated rings. The van der Waals surface area contributed by atoms with Gasteiger partial charge in [-0.1, -0.05) is 13.0 Å². The van der Waals surface area contributed by atoms with Gasteiger partial charge >= 0.3 is 0 Å². The molecular weight excluding hydrogens is 244 g/mol. The van der Waals surface area contributed by atoms with E-state index in [9.17, 15) is 4.79 Å². The van der Waals surface area contributed by atoms with E-state index in [0.717, 1.165) is 30.8 Å². The van der Waals surface area contributed by atoms with Gasteiger partial charge < -0.3 is 10.6 Å². The molecule has 98 valence electrons. The third kappa shape index (κ3) is 2.80. The van der Waals surface area contributed by atoms with E-state index in [1.54, 1.807) is 6.07 Å². The van der Waals surface area contributed by atoms with E-state index in [4.69, 9.17) is 5.73 Å². The molecule has 2 N–H and O–H groups in total. The molecule has 2 rings (SSSR count).